The van der Waals surface area contributed by atoms with Gasteiger partial charge in [0.05, 0.1) is 17.4 Å². The lowest BCUT2D eigenvalue weighted by atomic mass is 9.93. The van der Waals surface area contributed by atoms with Gasteiger partial charge in [0.2, 0.25) is 0 Å². The van der Waals surface area contributed by atoms with Crippen molar-refractivity contribution in [3.8, 4) is 11.3 Å². The van der Waals surface area contributed by atoms with Crippen molar-refractivity contribution in [3.63, 3.8) is 0 Å². The van der Waals surface area contributed by atoms with Gasteiger partial charge in [0.25, 0.3) is 0 Å². The molecule has 1 aliphatic rings. The number of hydrogen-bond donors (Lipinski definition) is 0. The molecule has 1 aliphatic heterocycles. The summed E-state index contributed by atoms with van der Waals surface area (Å²) in [5.74, 6) is 0.353. The zero-order valence-electron chi connectivity index (χ0n) is 13.2. The van der Waals surface area contributed by atoms with E-state index < -0.39 is 0 Å². The number of carbonyl (C=O) groups excluding carboxylic acids is 2. The molecule has 1 aromatic carbocycles. The van der Waals surface area contributed by atoms with Gasteiger partial charge in [0, 0.05) is 18.4 Å². The topological polar surface area (TPSA) is 52.0 Å². The monoisotopic (exact) mass is 296 g/mol. The smallest absolute Gasteiger partial charge is 0.132 e. The third-order valence-corrected chi connectivity index (χ3v) is 4.18. The van der Waals surface area contributed by atoms with Crippen molar-refractivity contribution in [3.05, 3.63) is 41.1 Å². The number of ketones is 2. The fourth-order valence-corrected chi connectivity index (χ4v) is 3.27. The van der Waals surface area contributed by atoms with E-state index in [9.17, 15) is 9.59 Å². The average Bonchev–Trinajstić information content (AvgIpc) is 2.94. The van der Waals surface area contributed by atoms with E-state index in [2.05, 4.69) is 23.3 Å². The standard InChI is InChI=1S/C18H20N2O2/c1-11-9-17-18-14(8-7-12(2)21)5-4-6-15(18)16(10-13(3)22)20(17)19-11/h4-6,9,16H,7-8,10H2,1-3H3. The molecule has 0 N–H and O–H groups in total. The van der Waals surface area contributed by atoms with Gasteiger partial charge in [-0.3, -0.25) is 9.48 Å². The van der Waals surface area contributed by atoms with Crippen molar-refractivity contribution in [2.45, 2.75) is 46.1 Å². The van der Waals surface area contributed by atoms with Gasteiger partial charge in [0.15, 0.2) is 0 Å². The summed E-state index contributed by atoms with van der Waals surface area (Å²) >= 11 is 0. The van der Waals surface area contributed by atoms with E-state index in [4.69, 9.17) is 0 Å². The van der Waals surface area contributed by atoms with E-state index in [0.717, 1.165) is 28.9 Å². The van der Waals surface area contributed by atoms with Crippen LogP contribution >= 0.6 is 0 Å². The quantitative estimate of drug-likeness (QED) is 0.851. The molecule has 0 spiro atoms. The highest BCUT2D eigenvalue weighted by atomic mass is 16.1. The Balaban J connectivity index is 2.10. The Morgan fingerprint density at radius 3 is 2.68 bits per heavy atom. The Morgan fingerprint density at radius 2 is 2.00 bits per heavy atom. The van der Waals surface area contributed by atoms with Crippen molar-refractivity contribution in [1.29, 1.82) is 0 Å². The lowest BCUT2D eigenvalue weighted by molar-refractivity contribution is -0.118. The van der Waals surface area contributed by atoms with Crippen molar-refractivity contribution < 1.29 is 9.59 Å². The predicted molar refractivity (Wildman–Crippen MR) is 84.8 cm³/mol. The van der Waals surface area contributed by atoms with Crippen molar-refractivity contribution in [2.24, 2.45) is 0 Å². The molecular formula is C18H20N2O2. The minimum Gasteiger partial charge on any atom is -0.300 e. The first kappa shape index (κ1) is 14.7. The highest BCUT2D eigenvalue weighted by Crippen LogP contribution is 2.43. The number of hydrogen-bond acceptors (Lipinski definition) is 3. The Morgan fingerprint density at radius 1 is 1.23 bits per heavy atom. The molecule has 114 valence electrons. The van der Waals surface area contributed by atoms with Crippen LogP contribution in [0.1, 0.15) is 49.6 Å². The van der Waals surface area contributed by atoms with Crippen LogP contribution in [-0.4, -0.2) is 21.3 Å². The van der Waals surface area contributed by atoms with E-state index in [0.29, 0.717) is 12.8 Å². The van der Waals surface area contributed by atoms with Crippen LogP contribution in [0, 0.1) is 6.92 Å². The van der Waals surface area contributed by atoms with Crippen molar-refractivity contribution in [2.75, 3.05) is 0 Å². The molecule has 0 saturated heterocycles. The summed E-state index contributed by atoms with van der Waals surface area (Å²) in [6, 6.07) is 8.21. The van der Waals surface area contributed by atoms with Gasteiger partial charge in [-0.15, -0.1) is 0 Å². The second-order valence-electron chi connectivity index (χ2n) is 6.12. The molecule has 3 rings (SSSR count). The first-order valence-corrected chi connectivity index (χ1v) is 7.64. The number of aromatic nitrogens is 2. The third kappa shape index (κ3) is 2.49. The molecule has 4 nitrogen and oxygen atoms in total. The summed E-state index contributed by atoms with van der Waals surface area (Å²) in [6.07, 6.45) is 1.73. The van der Waals surface area contributed by atoms with Gasteiger partial charge >= 0.3 is 0 Å². The molecule has 1 aromatic heterocycles. The van der Waals surface area contributed by atoms with Gasteiger partial charge in [-0.1, -0.05) is 18.2 Å². The predicted octanol–water partition coefficient (Wildman–Crippen LogP) is 3.26. The first-order valence-electron chi connectivity index (χ1n) is 7.64. The molecule has 0 radical (unpaired) electrons. The summed E-state index contributed by atoms with van der Waals surface area (Å²) in [6.45, 7) is 5.21. The van der Waals surface area contributed by atoms with E-state index in [1.54, 1.807) is 13.8 Å². The van der Waals surface area contributed by atoms with Crippen LogP contribution in [-0.2, 0) is 16.0 Å². The van der Waals surface area contributed by atoms with Crippen molar-refractivity contribution >= 4 is 11.6 Å². The van der Waals surface area contributed by atoms with Crippen LogP contribution in [0.5, 0.6) is 0 Å². The number of rotatable bonds is 5. The van der Waals surface area contributed by atoms with Gasteiger partial charge in [-0.2, -0.15) is 5.10 Å². The van der Waals surface area contributed by atoms with E-state index in [1.165, 1.54) is 5.56 Å². The molecule has 0 bridgehead atoms. The molecule has 1 unspecified atom stereocenters. The van der Waals surface area contributed by atoms with Crippen molar-refractivity contribution in [1.82, 2.24) is 9.78 Å². The number of aryl methyl sites for hydroxylation is 2. The summed E-state index contributed by atoms with van der Waals surface area (Å²) in [4.78, 5) is 23.0. The van der Waals surface area contributed by atoms with Gasteiger partial charge in [0.1, 0.15) is 11.6 Å². The minimum absolute atomic E-state index is 0.0199. The third-order valence-electron chi connectivity index (χ3n) is 4.18. The zero-order valence-corrected chi connectivity index (χ0v) is 13.2. The van der Waals surface area contributed by atoms with Crippen LogP contribution < -0.4 is 0 Å². The highest BCUT2D eigenvalue weighted by molar-refractivity contribution is 5.81. The number of benzene rings is 1. The van der Waals surface area contributed by atoms with E-state index in [1.807, 2.05) is 17.7 Å². The number of fused-ring (bicyclic) bond motifs is 3. The van der Waals surface area contributed by atoms with Crippen LogP contribution in [0.15, 0.2) is 24.3 Å². The lowest BCUT2D eigenvalue weighted by Gasteiger charge is -2.13. The number of nitrogens with zero attached hydrogens (tertiary/aromatic N) is 2. The van der Waals surface area contributed by atoms with E-state index in [-0.39, 0.29) is 17.6 Å². The summed E-state index contributed by atoms with van der Waals surface area (Å²) in [7, 11) is 0. The molecule has 0 aliphatic carbocycles. The zero-order chi connectivity index (χ0) is 15.9. The molecule has 2 heterocycles. The maximum Gasteiger partial charge on any atom is 0.132 e. The SMILES string of the molecule is CC(=O)CCc1cccc2c1-c1cc(C)nn1C2CC(C)=O. The second kappa shape index (κ2) is 5.52. The molecular weight excluding hydrogens is 276 g/mol. The van der Waals surface area contributed by atoms with Crippen LogP contribution in [0.3, 0.4) is 0 Å². The van der Waals surface area contributed by atoms with Gasteiger partial charge < -0.3 is 4.79 Å². The summed E-state index contributed by atoms with van der Waals surface area (Å²) in [5, 5.41) is 4.57. The average molecular weight is 296 g/mol. The van der Waals surface area contributed by atoms with Crippen LogP contribution in [0.25, 0.3) is 11.3 Å². The Bertz CT molecular complexity index is 758. The maximum absolute atomic E-state index is 11.6. The molecule has 0 saturated carbocycles. The second-order valence-corrected chi connectivity index (χ2v) is 6.12. The summed E-state index contributed by atoms with van der Waals surface area (Å²) in [5.41, 5.74) is 5.50. The maximum atomic E-state index is 11.6. The Kier molecular flexibility index (Phi) is 3.69. The number of Topliss-reactive ketones (excluding diaryl/α,β-unsaturated/α-hetero) is 2. The van der Waals surface area contributed by atoms with Crippen LogP contribution in [0.4, 0.5) is 0 Å². The highest BCUT2D eigenvalue weighted by Gasteiger charge is 2.32. The van der Waals surface area contributed by atoms with E-state index >= 15 is 0 Å². The van der Waals surface area contributed by atoms with Gasteiger partial charge in [-0.25, -0.2) is 0 Å². The first-order chi connectivity index (χ1) is 10.5. The molecule has 1 atom stereocenters. The fraction of sp³-hybridized carbons (Fsp3) is 0.389. The van der Waals surface area contributed by atoms with Crippen LogP contribution in [0.2, 0.25) is 0 Å². The Hall–Kier alpha value is -2.23. The fourth-order valence-electron chi connectivity index (χ4n) is 3.27. The largest absolute Gasteiger partial charge is 0.300 e. The number of carbonyl (C=O) groups is 2. The molecule has 22 heavy (non-hydrogen) atoms. The molecule has 4 heteroatoms. The lowest BCUT2D eigenvalue weighted by Crippen LogP contribution is -2.11. The molecule has 0 amide bonds. The summed E-state index contributed by atoms with van der Waals surface area (Å²) < 4.78 is 1.97. The molecule has 2 aromatic rings. The minimum atomic E-state index is -0.0199. The normalized spacial score (nSPS) is 15.5. The molecule has 0 fully saturated rings. The Labute approximate surface area is 130 Å². The van der Waals surface area contributed by atoms with Gasteiger partial charge in [-0.05, 0) is 44.4 Å².